The van der Waals surface area contributed by atoms with Crippen molar-refractivity contribution >= 4 is 31.6 Å². The quantitative estimate of drug-likeness (QED) is 0.172. The van der Waals surface area contributed by atoms with E-state index in [2.05, 4.69) is 146 Å². The molecule has 0 atom stereocenters. The Morgan fingerprint density at radius 3 is 1.43 bits per heavy atom. The maximum absolute atomic E-state index is 6.86. The first-order valence-electron chi connectivity index (χ1n) is 21.0. The molecule has 0 saturated carbocycles. The van der Waals surface area contributed by atoms with Crippen LogP contribution in [0.1, 0.15) is 22.3 Å². The highest BCUT2D eigenvalue weighted by Crippen LogP contribution is 2.65. The van der Waals surface area contributed by atoms with Crippen molar-refractivity contribution in [3.63, 3.8) is 0 Å². The third-order valence-electron chi connectivity index (χ3n) is 12.4. The molecule has 294 valence electrons. The fourth-order valence-electron chi connectivity index (χ4n) is 9.82. The lowest BCUT2D eigenvalue weighted by atomic mass is 9.64. The molecule has 0 saturated heterocycles. The minimum atomic E-state index is -0.892. The summed E-state index contributed by atoms with van der Waals surface area (Å²) in [6.07, 6.45) is 0. The number of hydrogen-bond acceptors (Lipinski definition) is 7. The number of rotatable bonds is 5. The van der Waals surface area contributed by atoms with Crippen LogP contribution in [0.15, 0.2) is 200 Å². The number of benzene rings is 8. The Morgan fingerprint density at radius 1 is 0.365 bits per heavy atom. The topological polar surface area (TPSA) is 73.7 Å². The van der Waals surface area contributed by atoms with Crippen molar-refractivity contribution < 1.29 is 4.74 Å². The van der Waals surface area contributed by atoms with Crippen molar-refractivity contribution in [3.8, 4) is 79.4 Å². The number of aromatic nitrogens is 5. The molecular weight excluding hydrogens is 791 g/mol. The Balaban J connectivity index is 1.17. The maximum atomic E-state index is 6.86. The molecule has 0 unspecified atom stereocenters. The van der Waals surface area contributed by atoms with Crippen LogP contribution in [0.5, 0.6) is 11.5 Å². The largest absolute Gasteiger partial charge is 0.457 e. The molecule has 0 fully saturated rings. The molecule has 8 aromatic carbocycles. The van der Waals surface area contributed by atoms with Gasteiger partial charge in [-0.25, -0.2) is 24.9 Å². The lowest BCUT2D eigenvalue weighted by Crippen LogP contribution is -2.33. The van der Waals surface area contributed by atoms with Gasteiger partial charge in [-0.2, -0.15) is 0 Å². The summed E-state index contributed by atoms with van der Waals surface area (Å²) >= 11 is 1.75. The smallest absolute Gasteiger partial charge is 0.164 e. The summed E-state index contributed by atoms with van der Waals surface area (Å²) in [6.45, 7) is 0. The average molecular weight is 824 g/mol. The van der Waals surface area contributed by atoms with Crippen molar-refractivity contribution in [2.75, 3.05) is 0 Å². The first kappa shape index (κ1) is 35.6. The molecule has 6 nitrogen and oxygen atoms in total. The molecular formula is C56H33N5OS. The highest BCUT2D eigenvalue weighted by Gasteiger charge is 2.54. The van der Waals surface area contributed by atoms with Gasteiger partial charge in [-0.3, -0.25) is 0 Å². The highest BCUT2D eigenvalue weighted by atomic mass is 32.1. The van der Waals surface area contributed by atoms with Crippen LogP contribution in [-0.2, 0) is 5.41 Å². The number of para-hydroxylation sites is 2. The number of thiophene rings is 1. The Hall–Kier alpha value is -8.13. The van der Waals surface area contributed by atoms with E-state index in [0.717, 1.165) is 94.0 Å². The second-order valence-corrected chi connectivity index (χ2v) is 16.9. The van der Waals surface area contributed by atoms with E-state index in [0.29, 0.717) is 23.3 Å². The zero-order chi connectivity index (χ0) is 41.5. The number of fused-ring (bicyclic) bond motifs is 12. The van der Waals surface area contributed by atoms with Crippen LogP contribution in [-0.4, -0.2) is 24.9 Å². The molecule has 3 aromatic heterocycles. The second-order valence-electron chi connectivity index (χ2n) is 15.9. The summed E-state index contributed by atoms with van der Waals surface area (Å²) in [5, 5.41) is 1.12. The van der Waals surface area contributed by atoms with Crippen LogP contribution in [0.3, 0.4) is 0 Å². The molecule has 4 heterocycles. The van der Waals surface area contributed by atoms with E-state index in [9.17, 15) is 0 Å². The van der Waals surface area contributed by atoms with Crippen LogP contribution in [0, 0.1) is 0 Å². The zero-order valence-electron chi connectivity index (χ0n) is 33.6. The third kappa shape index (κ3) is 5.33. The van der Waals surface area contributed by atoms with Crippen molar-refractivity contribution in [2.24, 2.45) is 0 Å². The Kier molecular flexibility index (Phi) is 7.89. The summed E-state index contributed by atoms with van der Waals surface area (Å²) in [6, 6.07) is 69.4. The summed E-state index contributed by atoms with van der Waals surface area (Å²) < 4.78 is 9.07. The van der Waals surface area contributed by atoms with Crippen molar-refractivity contribution in [2.45, 2.75) is 5.41 Å². The van der Waals surface area contributed by atoms with Crippen LogP contribution in [0.4, 0.5) is 0 Å². The van der Waals surface area contributed by atoms with Crippen LogP contribution in [0.25, 0.3) is 88.2 Å². The molecule has 7 heteroatoms. The first-order valence-corrected chi connectivity index (χ1v) is 21.8. The molecule has 63 heavy (non-hydrogen) atoms. The predicted octanol–water partition coefficient (Wildman–Crippen LogP) is 13.8. The molecule has 13 rings (SSSR count). The highest BCUT2D eigenvalue weighted by molar-refractivity contribution is 7.26. The molecule has 11 aromatic rings. The Morgan fingerprint density at radius 2 is 0.825 bits per heavy atom. The van der Waals surface area contributed by atoms with E-state index in [-0.39, 0.29) is 0 Å². The van der Waals surface area contributed by atoms with Gasteiger partial charge in [0.25, 0.3) is 0 Å². The van der Waals surface area contributed by atoms with Crippen molar-refractivity contribution in [1.29, 1.82) is 0 Å². The fraction of sp³-hybridized carbons (Fsp3) is 0.0179. The van der Waals surface area contributed by atoms with E-state index in [1.165, 1.54) is 4.70 Å². The van der Waals surface area contributed by atoms with Gasteiger partial charge in [-0.15, -0.1) is 11.3 Å². The number of hydrogen-bond donors (Lipinski definition) is 0. The molecule has 0 amide bonds. The van der Waals surface area contributed by atoms with E-state index in [1.807, 2.05) is 54.6 Å². The summed E-state index contributed by atoms with van der Waals surface area (Å²) in [4.78, 5) is 26.7. The number of nitrogens with zero attached hydrogens (tertiary/aromatic N) is 5. The van der Waals surface area contributed by atoms with Gasteiger partial charge < -0.3 is 4.74 Å². The molecule has 1 aliphatic heterocycles. The van der Waals surface area contributed by atoms with Gasteiger partial charge in [0.15, 0.2) is 23.3 Å². The SMILES string of the molecule is c1ccc(-c2nc(-c3ccccc3)nc(-c3cccc4c3C3(c5ccccc5Oc5ccccc53)c3c-4cccc3-c3nc(-c4ccccc4)nc4c3sc3ccccc34)n2)cc1. The average Bonchev–Trinajstić information content (AvgIpc) is 3.89. The van der Waals surface area contributed by atoms with Crippen LogP contribution >= 0.6 is 11.3 Å². The van der Waals surface area contributed by atoms with E-state index < -0.39 is 5.41 Å². The monoisotopic (exact) mass is 823 g/mol. The van der Waals surface area contributed by atoms with Crippen molar-refractivity contribution in [1.82, 2.24) is 24.9 Å². The van der Waals surface area contributed by atoms with E-state index >= 15 is 0 Å². The molecule has 0 bridgehead atoms. The van der Waals surface area contributed by atoms with E-state index in [1.54, 1.807) is 11.3 Å². The first-order chi connectivity index (χ1) is 31.2. The fourth-order valence-corrected chi connectivity index (χ4v) is 11.0. The molecule has 1 spiro atoms. The molecule has 0 radical (unpaired) electrons. The molecule has 1 aliphatic carbocycles. The number of ether oxygens (including phenoxy) is 1. The third-order valence-corrected chi connectivity index (χ3v) is 13.6. The van der Waals surface area contributed by atoms with Gasteiger partial charge >= 0.3 is 0 Å². The van der Waals surface area contributed by atoms with Gasteiger partial charge in [0.05, 0.1) is 21.3 Å². The van der Waals surface area contributed by atoms with Gasteiger partial charge in [0.1, 0.15) is 11.5 Å². The lowest BCUT2D eigenvalue weighted by Gasteiger charge is -2.40. The molecule has 0 N–H and O–H groups in total. The molecule has 2 aliphatic rings. The van der Waals surface area contributed by atoms with Crippen LogP contribution in [0.2, 0.25) is 0 Å². The summed E-state index contributed by atoms with van der Waals surface area (Å²) in [5.41, 5.74) is 12.2. The van der Waals surface area contributed by atoms with Gasteiger partial charge in [0, 0.05) is 49.0 Å². The minimum absolute atomic E-state index is 0.593. The Labute approximate surface area is 366 Å². The summed E-state index contributed by atoms with van der Waals surface area (Å²) in [5.74, 6) is 4.09. The van der Waals surface area contributed by atoms with Crippen LogP contribution < -0.4 is 4.74 Å². The minimum Gasteiger partial charge on any atom is -0.457 e. The standard InChI is InChI=1S/C56H33N5OS/c1-4-18-34(19-5-1)52-57-49-39-24-10-15-33-46(39)63-51(49)50(58-52)40-27-16-25-37-38-26-17-28-41(55-60-53(35-20-6-2-7-21-35)59-54(61-55)36-22-8-3-9-23-36)48(38)56(47(37)40)42-29-11-13-31-44(42)62-45-32-14-12-30-43(45)56/h1-33H. The maximum Gasteiger partial charge on any atom is 0.164 e. The summed E-state index contributed by atoms with van der Waals surface area (Å²) in [7, 11) is 0. The zero-order valence-corrected chi connectivity index (χ0v) is 34.4. The van der Waals surface area contributed by atoms with Gasteiger partial charge in [-0.1, -0.05) is 182 Å². The normalized spacial score (nSPS) is 13.0. The Bertz CT molecular complexity index is 3500. The van der Waals surface area contributed by atoms with Gasteiger partial charge in [0.2, 0.25) is 0 Å². The van der Waals surface area contributed by atoms with Gasteiger partial charge in [-0.05, 0) is 40.5 Å². The predicted molar refractivity (Wildman–Crippen MR) is 253 cm³/mol. The lowest BCUT2D eigenvalue weighted by molar-refractivity contribution is 0.436. The van der Waals surface area contributed by atoms with Crippen molar-refractivity contribution in [3.05, 3.63) is 222 Å². The second kappa shape index (κ2) is 14.0. The van der Waals surface area contributed by atoms with E-state index in [4.69, 9.17) is 29.7 Å².